The van der Waals surface area contributed by atoms with Crippen LogP contribution < -0.4 is 4.90 Å². The Balaban J connectivity index is 2.14. The zero-order valence-corrected chi connectivity index (χ0v) is 11.0. The first-order valence-electron chi connectivity index (χ1n) is 6.05. The molecule has 0 aliphatic carbocycles. The number of nitrogens with zero attached hydrogens (tertiary/aromatic N) is 2. The Morgan fingerprint density at radius 2 is 2.11 bits per heavy atom. The maximum atomic E-state index is 12.2. The van der Waals surface area contributed by atoms with Gasteiger partial charge < -0.3 is 9.47 Å². The van der Waals surface area contributed by atoms with Crippen molar-refractivity contribution in [3.05, 3.63) is 53.9 Å². The summed E-state index contributed by atoms with van der Waals surface area (Å²) in [5.41, 5.74) is 2.46. The van der Waals surface area contributed by atoms with E-state index in [4.69, 9.17) is 0 Å². The van der Waals surface area contributed by atoms with Gasteiger partial charge in [0.2, 0.25) is 5.91 Å². The average Bonchev–Trinajstić information content (AvgIpc) is 2.85. The maximum Gasteiger partial charge on any atom is 0.246 e. The van der Waals surface area contributed by atoms with Crippen molar-refractivity contribution in [2.75, 3.05) is 11.9 Å². The minimum Gasteiger partial charge on any atom is -0.336 e. The monoisotopic (exact) mass is 256 g/mol. The van der Waals surface area contributed by atoms with Crippen molar-refractivity contribution in [3.8, 4) is 0 Å². The van der Waals surface area contributed by atoms with E-state index in [0.29, 0.717) is 5.69 Å². The van der Waals surface area contributed by atoms with Crippen molar-refractivity contribution in [1.29, 1.82) is 0 Å². The Morgan fingerprint density at radius 1 is 1.32 bits per heavy atom. The largest absolute Gasteiger partial charge is 0.336 e. The molecule has 0 fully saturated rings. The van der Waals surface area contributed by atoms with E-state index in [1.807, 2.05) is 31.2 Å². The van der Waals surface area contributed by atoms with Crippen molar-refractivity contribution in [1.82, 2.24) is 4.57 Å². The summed E-state index contributed by atoms with van der Waals surface area (Å²) in [4.78, 5) is 24.6. The number of likely N-dealkylation sites (N-methyl/N-ethyl adjacent to an activating group) is 1. The molecule has 0 spiro atoms. The quantitative estimate of drug-likeness (QED) is 0.787. The van der Waals surface area contributed by atoms with Crippen LogP contribution in [0.1, 0.15) is 16.1 Å². The van der Waals surface area contributed by atoms with Crippen molar-refractivity contribution in [2.24, 2.45) is 0 Å². The fourth-order valence-corrected chi connectivity index (χ4v) is 1.91. The Bertz CT molecular complexity index is 602. The van der Waals surface area contributed by atoms with Crippen LogP contribution in [0.2, 0.25) is 0 Å². The molecular formula is C15H16N2O2. The van der Waals surface area contributed by atoms with Crippen molar-refractivity contribution in [2.45, 2.75) is 13.5 Å². The molecule has 98 valence electrons. The van der Waals surface area contributed by atoms with Gasteiger partial charge in [-0.1, -0.05) is 12.1 Å². The van der Waals surface area contributed by atoms with Gasteiger partial charge >= 0.3 is 0 Å². The maximum absolute atomic E-state index is 12.2. The van der Waals surface area contributed by atoms with Gasteiger partial charge in [-0.15, -0.1) is 0 Å². The second-order valence-corrected chi connectivity index (χ2v) is 4.47. The van der Waals surface area contributed by atoms with E-state index in [9.17, 15) is 9.59 Å². The molecule has 1 aromatic carbocycles. The van der Waals surface area contributed by atoms with E-state index < -0.39 is 0 Å². The first kappa shape index (κ1) is 13.1. The van der Waals surface area contributed by atoms with Gasteiger partial charge in [0.25, 0.3) is 0 Å². The summed E-state index contributed by atoms with van der Waals surface area (Å²) in [6.07, 6.45) is 2.48. The molecule has 19 heavy (non-hydrogen) atoms. The number of carbonyl (C=O) groups is 2. The summed E-state index contributed by atoms with van der Waals surface area (Å²) in [5.74, 6) is -0.0649. The second kappa shape index (κ2) is 5.52. The lowest BCUT2D eigenvalue weighted by Crippen LogP contribution is -2.30. The summed E-state index contributed by atoms with van der Waals surface area (Å²) in [6, 6.07) is 11.2. The van der Waals surface area contributed by atoms with E-state index >= 15 is 0 Å². The third kappa shape index (κ3) is 2.91. The highest BCUT2D eigenvalue weighted by Crippen LogP contribution is 2.15. The second-order valence-electron chi connectivity index (χ2n) is 4.47. The third-order valence-corrected chi connectivity index (χ3v) is 3.05. The van der Waals surface area contributed by atoms with Crippen LogP contribution in [0.25, 0.3) is 0 Å². The number of carbonyl (C=O) groups excluding carboxylic acids is 2. The van der Waals surface area contributed by atoms with Crippen LogP contribution in [0.4, 0.5) is 5.69 Å². The Hall–Kier alpha value is -2.36. The van der Waals surface area contributed by atoms with Gasteiger partial charge in [0, 0.05) is 18.9 Å². The molecule has 1 aromatic heterocycles. The lowest BCUT2D eigenvalue weighted by atomic mass is 10.2. The lowest BCUT2D eigenvalue weighted by Gasteiger charge is -2.18. The number of anilines is 1. The number of rotatable bonds is 4. The molecule has 2 rings (SSSR count). The molecule has 0 radical (unpaired) electrons. The summed E-state index contributed by atoms with van der Waals surface area (Å²) < 4.78 is 1.64. The van der Waals surface area contributed by atoms with Gasteiger partial charge in [0.15, 0.2) is 6.29 Å². The van der Waals surface area contributed by atoms with Crippen molar-refractivity contribution in [3.63, 3.8) is 0 Å². The number of hydrogen-bond acceptors (Lipinski definition) is 2. The van der Waals surface area contributed by atoms with Crippen LogP contribution in [0.5, 0.6) is 0 Å². The van der Waals surface area contributed by atoms with Crippen molar-refractivity contribution < 1.29 is 9.59 Å². The molecule has 0 bridgehead atoms. The molecule has 0 atom stereocenters. The van der Waals surface area contributed by atoms with E-state index in [0.717, 1.165) is 17.5 Å². The lowest BCUT2D eigenvalue weighted by molar-refractivity contribution is -0.118. The summed E-state index contributed by atoms with van der Waals surface area (Å²) >= 11 is 0. The molecular weight excluding hydrogens is 240 g/mol. The highest BCUT2D eigenvalue weighted by atomic mass is 16.2. The Kier molecular flexibility index (Phi) is 3.80. The van der Waals surface area contributed by atoms with Crippen molar-refractivity contribution >= 4 is 17.9 Å². The summed E-state index contributed by atoms with van der Waals surface area (Å²) in [5, 5.41) is 0. The standard InChI is InChI=1S/C15H16N2O2/c1-12-5-3-6-13(9-12)16(2)15(19)10-17-8-4-7-14(17)11-18/h3-9,11H,10H2,1-2H3. The Morgan fingerprint density at radius 3 is 2.79 bits per heavy atom. The van der Waals surface area contributed by atoms with Gasteiger partial charge in [-0.2, -0.15) is 0 Å². The minimum atomic E-state index is -0.0649. The summed E-state index contributed by atoms with van der Waals surface area (Å²) in [7, 11) is 1.74. The Labute approximate surface area is 112 Å². The molecule has 0 aliphatic rings. The van der Waals surface area contributed by atoms with E-state index in [2.05, 4.69) is 0 Å². The first-order valence-corrected chi connectivity index (χ1v) is 6.05. The van der Waals surface area contributed by atoms with Gasteiger partial charge in [-0.05, 0) is 36.8 Å². The number of aldehydes is 1. The number of aromatic nitrogens is 1. The SMILES string of the molecule is Cc1cccc(N(C)C(=O)Cn2cccc2C=O)c1. The first-order chi connectivity index (χ1) is 9.11. The predicted molar refractivity (Wildman–Crippen MR) is 74.4 cm³/mol. The van der Waals surface area contributed by atoms with Gasteiger partial charge in [-0.3, -0.25) is 9.59 Å². The number of aryl methyl sites for hydroxylation is 1. The van der Waals surface area contributed by atoms with Gasteiger partial charge in [-0.25, -0.2) is 0 Å². The topological polar surface area (TPSA) is 42.3 Å². The van der Waals surface area contributed by atoms with Crippen LogP contribution >= 0.6 is 0 Å². The zero-order chi connectivity index (χ0) is 13.8. The zero-order valence-electron chi connectivity index (χ0n) is 11.0. The van der Waals surface area contributed by atoms with E-state index in [1.54, 1.807) is 34.8 Å². The smallest absolute Gasteiger partial charge is 0.246 e. The van der Waals surface area contributed by atoms with Gasteiger partial charge in [0.05, 0.1) is 5.69 Å². The highest BCUT2D eigenvalue weighted by molar-refractivity contribution is 5.93. The highest BCUT2D eigenvalue weighted by Gasteiger charge is 2.12. The van der Waals surface area contributed by atoms with E-state index in [-0.39, 0.29) is 12.5 Å². The van der Waals surface area contributed by atoms with Gasteiger partial charge in [0.1, 0.15) is 6.54 Å². The van der Waals surface area contributed by atoms with Crippen LogP contribution in [-0.2, 0) is 11.3 Å². The number of hydrogen-bond donors (Lipinski definition) is 0. The van der Waals surface area contributed by atoms with E-state index in [1.165, 1.54) is 0 Å². The molecule has 0 unspecified atom stereocenters. The summed E-state index contributed by atoms with van der Waals surface area (Å²) in [6.45, 7) is 2.14. The minimum absolute atomic E-state index is 0.0649. The van der Waals surface area contributed by atoms with Crippen LogP contribution in [0.3, 0.4) is 0 Å². The molecule has 2 aromatic rings. The van der Waals surface area contributed by atoms with Crippen LogP contribution in [0, 0.1) is 6.92 Å². The molecule has 4 heteroatoms. The third-order valence-electron chi connectivity index (χ3n) is 3.05. The molecule has 1 heterocycles. The fourth-order valence-electron chi connectivity index (χ4n) is 1.91. The molecule has 4 nitrogen and oxygen atoms in total. The van der Waals surface area contributed by atoms with Crippen LogP contribution in [-0.4, -0.2) is 23.8 Å². The normalized spacial score (nSPS) is 10.2. The average molecular weight is 256 g/mol. The molecule has 0 N–H and O–H groups in total. The molecule has 0 saturated carbocycles. The van der Waals surface area contributed by atoms with Crippen LogP contribution in [0.15, 0.2) is 42.6 Å². The number of benzene rings is 1. The molecule has 0 aliphatic heterocycles. The number of amides is 1. The molecule has 1 amide bonds. The fraction of sp³-hybridized carbons (Fsp3) is 0.200. The molecule has 0 saturated heterocycles. The predicted octanol–water partition coefficient (Wildman–Crippen LogP) is 2.27.